The Balaban J connectivity index is 1.85. The SMILES string of the molecule is Cc1csc(CCNc2ccc(C(N)=S)nc2)n1. The van der Waals surface area contributed by atoms with E-state index >= 15 is 0 Å². The number of nitrogens with one attached hydrogen (secondary N) is 1. The second kappa shape index (κ2) is 5.88. The van der Waals surface area contributed by atoms with E-state index in [-0.39, 0.29) is 0 Å². The second-order valence-electron chi connectivity index (χ2n) is 3.86. The summed E-state index contributed by atoms with van der Waals surface area (Å²) in [6.07, 6.45) is 2.65. The van der Waals surface area contributed by atoms with E-state index in [0.717, 1.165) is 29.4 Å². The van der Waals surface area contributed by atoms with Crippen molar-refractivity contribution in [3.8, 4) is 0 Å². The van der Waals surface area contributed by atoms with E-state index in [0.29, 0.717) is 10.7 Å². The minimum absolute atomic E-state index is 0.319. The molecule has 0 bridgehead atoms. The molecule has 0 fully saturated rings. The number of rotatable bonds is 5. The number of thiazole rings is 1. The van der Waals surface area contributed by atoms with E-state index in [1.54, 1.807) is 17.5 Å². The first kappa shape index (κ1) is 12.9. The van der Waals surface area contributed by atoms with Gasteiger partial charge in [-0.15, -0.1) is 11.3 Å². The first-order valence-electron chi connectivity index (χ1n) is 5.56. The van der Waals surface area contributed by atoms with Gasteiger partial charge in [0.05, 0.1) is 22.6 Å². The zero-order chi connectivity index (χ0) is 13.0. The molecule has 0 aromatic carbocycles. The van der Waals surface area contributed by atoms with Crippen LogP contribution in [-0.2, 0) is 6.42 Å². The summed E-state index contributed by atoms with van der Waals surface area (Å²) in [7, 11) is 0. The fourth-order valence-electron chi connectivity index (χ4n) is 1.48. The van der Waals surface area contributed by atoms with Gasteiger partial charge in [0.15, 0.2) is 0 Å². The number of nitrogens with zero attached hydrogens (tertiary/aromatic N) is 2. The quantitative estimate of drug-likeness (QED) is 0.820. The predicted octanol–water partition coefficient (Wildman–Crippen LogP) is 2.14. The van der Waals surface area contributed by atoms with E-state index in [4.69, 9.17) is 18.0 Å². The molecule has 0 radical (unpaired) electrons. The first-order valence-corrected chi connectivity index (χ1v) is 6.84. The molecule has 0 amide bonds. The van der Waals surface area contributed by atoms with E-state index in [1.165, 1.54) is 0 Å². The molecular weight excluding hydrogens is 264 g/mol. The number of pyridine rings is 1. The lowest BCUT2D eigenvalue weighted by Gasteiger charge is -2.05. The molecule has 4 nitrogen and oxygen atoms in total. The summed E-state index contributed by atoms with van der Waals surface area (Å²) < 4.78 is 0. The average molecular weight is 278 g/mol. The largest absolute Gasteiger partial charge is 0.388 e. The summed E-state index contributed by atoms with van der Waals surface area (Å²) in [5, 5.41) is 6.50. The van der Waals surface area contributed by atoms with Crippen LogP contribution < -0.4 is 11.1 Å². The van der Waals surface area contributed by atoms with Crippen LogP contribution in [0.15, 0.2) is 23.7 Å². The number of nitrogens with two attached hydrogens (primary N) is 1. The lowest BCUT2D eigenvalue weighted by Crippen LogP contribution is -2.12. The zero-order valence-corrected chi connectivity index (χ0v) is 11.6. The standard InChI is InChI=1S/C12H14N4S2/c1-8-7-18-11(16-8)4-5-14-9-2-3-10(12(13)17)15-6-9/h2-3,6-7,14H,4-5H2,1H3,(H2,13,17). The van der Waals surface area contributed by atoms with Crippen molar-refractivity contribution < 1.29 is 0 Å². The van der Waals surface area contributed by atoms with Crippen LogP contribution in [0.3, 0.4) is 0 Å². The summed E-state index contributed by atoms with van der Waals surface area (Å²) in [6.45, 7) is 2.84. The Morgan fingerprint density at radius 3 is 2.89 bits per heavy atom. The summed E-state index contributed by atoms with van der Waals surface area (Å²) in [5.41, 5.74) is 8.17. The van der Waals surface area contributed by atoms with Gasteiger partial charge in [0.25, 0.3) is 0 Å². The van der Waals surface area contributed by atoms with Crippen LogP contribution in [0.1, 0.15) is 16.4 Å². The highest BCUT2D eigenvalue weighted by atomic mass is 32.1. The van der Waals surface area contributed by atoms with Crippen LogP contribution in [0, 0.1) is 6.92 Å². The highest BCUT2D eigenvalue weighted by molar-refractivity contribution is 7.80. The Morgan fingerprint density at radius 2 is 2.33 bits per heavy atom. The van der Waals surface area contributed by atoms with E-state index < -0.39 is 0 Å². The van der Waals surface area contributed by atoms with Gasteiger partial charge in [0, 0.05) is 24.0 Å². The fraction of sp³-hybridized carbons (Fsp3) is 0.250. The molecule has 3 N–H and O–H groups in total. The van der Waals surface area contributed by atoms with Crippen molar-refractivity contribution >= 4 is 34.2 Å². The molecule has 0 aliphatic rings. The van der Waals surface area contributed by atoms with Crippen LogP contribution in [0.25, 0.3) is 0 Å². The molecule has 18 heavy (non-hydrogen) atoms. The Kier molecular flexibility index (Phi) is 4.22. The summed E-state index contributed by atoms with van der Waals surface area (Å²) in [5.74, 6) is 0. The average Bonchev–Trinajstić information content (AvgIpc) is 2.76. The summed E-state index contributed by atoms with van der Waals surface area (Å²) in [6, 6.07) is 3.74. The number of aryl methyl sites for hydroxylation is 1. The zero-order valence-electron chi connectivity index (χ0n) is 10.0. The molecule has 0 aliphatic carbocycles. The van der Waals surface area contributed by atoms with Gasteiger partial charge >= 0.3 is 0 Å². The maximum atomic E-state index is 5.48. The van der Waals surface area contributed by atoms with E-state index in [1.807, 2.05) is 19.1 Å². The van der Waals surface area contributed by atoms with E-state index in [9.17, 15) is 0 Å². The number of hydrogen-bond acceptors (Lipinski definition) is 5. The Hall–Kier alpha value is -1.53. The fourth-order valence-corrected chi connectivity index (χ4v) is 2.37. The number of anilines is 1. The second-order valence-corrected chi connectivity index (χ2v) is 5.24. The number of thiocarbonyl (C=S) groups is 1. The predicted molar refractivity (Wildman–Crippen MR) is 79.2 cm³/mol. The van der Waals surface area contributed by atoms with Gasteiger partial charge in [0.2, 0.25) is 0 Å². The molecule has 0 unspecified atom stereocenters. The lowest BCUT2D eigenvalue weighted by molar-refractivity contribution is 0.985. The van der Waals surface area contributed by atoms with Crippen molar-refractivity contribution in [3.63, 3.8) is 0 Å². The van der Waals surface area contributed by atoms with Crippen LogP contribution in [-0.4, -0.2) is 21.5 Å². The van der Waals surface area contributed by atoms with Gasteiger partial charge in [-0.1, -0.05) is 12.2 Å². The van der Waals surface area contributed by atoms with Crippen LogP contribution in [0.4, 0.5) is 5.69 Å². The van der Waals surface area contributed by atoms with Gasteiger partial charge in [-0.3, -0.25) is 4.98 Å². The minimum Gasteiger partial charge on any atom is -0.388 e. The van der Waals surface area contributed by atoms with Gasteiger partial charge in [-0.05, 0) is 19.1 Å². The van der Waals surface area contributed by atoms with Crippen molar-refractivity contribution in [2.75, 3.05) is 11.9 Å². The van der Waals surface area contributed by atoms with Gasteiger partial charge in [-0.2, -0.15) is 0 Å². The maximum absolute atomic E-state index is 5.48. The smallest absolute Gasteiger partial charge is 0.122 e. The molecule has 6 heteroatoms. The normalized spacial score (nSPS) is 10.3. The maximum Gasteiger partial charge on any atom is 0.122 e. The van der Waals surface area contributed by atoms with Gasteiger partial charge < -0.3 is 11.1 Å². The van der Waals surface area contributed by atoms with Crippen molar-refractivity contribution in [3.05, 3.63) is 40.1 Å². The summed E-state index contributed by atoms with van der Waals surface area (Å²) >= 11 is 6.54. The molecule has 0 aliphatic heterocycles. The third kappa shape index (κ3) is 3.48. The monoisotopic (exact) mass is 278 g/mol. The molecule has 0 spiro atoms. The van der Waals surface area contributed by atoms with Crippen molar-refractivity contribution in [1.82, 2.24) is 9.97 Å². The molecular formula is C12H14N4S2. The highest BCUT2D eigenvalue weighted by Gasteiger charge is 2.00. The molecule has 2 aromatic rings. The van der Waals surface area contributed by atoms with Gasteiger partial charge in [-0.25, -0.2) is 4.98 Å². The molecule has 2 aromatic heterocycles. The third-order valence-corrected chi connectivity index (χ3v) is 3.59. The minimum atomic E-state index is 0.319. The van der Waals surface area contributed by atoms with Crippen LogP contribution in [0.2, 0.25) is 0 Å². The molecule has 0 saturated carbocycles. The Bertz CT molecular complexity index is 533. The van der Waals surface area contributed by atoms with Crippen LogP contribution >= 0.6 is 23.6 Å². The Labute approximate surface area is 115 Å². The first-order chi connectivity index (χ1) is 8.65. The van der Waals surface area contributed by atoms with Crippen LogP contribution in [0.5, 0.6) is 0 Å². The van der Waals surface area contributed by atoms with E-state index in [2.05, 4.69) is 20.7 Å². The molecule has 0 atom stereocenters. The van der Waals surface area contributed by atoms with Crippen molar-refractivity contribution in [2.45, 2.75) is 13.3 Å². The third-order valence-electron chi connectivity index (χ3n) is 2.35. The van der Waals surface area contributed by atoms with Gasteiger partial charge in [0.1, 0.15) is 4.99 Å². The van der Waals surface area contributed by atoms with Crippen molar-refractivity contribution in [2.24, 2.45) is 5.73 Å². The topological polar surface area (TPSA) is 63.8 Å². The molecule has 2 heterocycles. The summed E-state index contributed by atoms with van der Waals surface area (Å²) in [4.78, 5) is 8.89. The highest BCUT2D eigenvalue weighted by Crippen LogP contribution is 2.10. The lowest BCUT2D eigenvalue weighted by atomic mass is 10.3. The number of aromatic nitrogens is 2. The number of hydrogen-bond donors (Lipinski definition) is 2. The molecule has 0 saturated heterocycles. The molecule has 94 valence electrons. The van der Waals surface area contributed by atoms with Crippen molar-refractivity contribution in [1.29, 1.82) is 0 Å². The Morgan fingerprint density at radius 1 is 1.50 bits per heavy atom. The molecule has 2 rings (SSSR count).